The van der Waals surface area contributed by atoms with Crippen molar-refractivity contribution in [3.8, 4) is 17.0 Å². The summed E-state index contributed by atoms with van der Waals surface area (Å²) >= 11 is 0. The summed E-state index contributed by atoms with van der Waals surface area (Å²) in [6.07, 6.45) is 0.683. The molecular formula is C24H26F2N4O4. The van der Waals surface area contributed by atoms with Gasteiger partial charge in [-0.25, -0.2) is 18.3 Å². The van der Waals surface area contributed by atoms with Gasteiger partial charge in [0.2, 0.25) is 0 Å². The van der Waals surface area contributed by atoms with Gasteiger partial charge < -0.3 is 15.2 Å². The summed E-state index contributed by atoms with van der Waals surface area (Å²) in [5, 5.41) is 6.85. The Labute approximate surface area is 195 Å². The summed E-state index contributed by atoms with van der Waals surface area (Å²) in [6, 6.07) is 11.7. The molecule has 0 saturated carbocycles. The van der Waals surface area contributed by atoms with E-state index in [4.69, 9.17) is 15.2 Å². The third-order valence-corrected chi connectivity index (χ3v) is 4.79. The monoisotopic (exact) mass is 472 g/mol. The first-order chi connectivity index (χ1) is 16.4. The van der Waals surface area contributed by atoms with Crippen LogP contribution in [0.5, 0.6) is 5.75 Å². The maximum atomic E-state index is 14.5. The number of amides is 1. The van der Waals surface area contributed by atoms with E-state index in [-0.39, 0.29) is 31.0 Å². The molecule has 3 rings (SSSR count). The summed E-state index contributed by atoms with van der Waals surface area (Å²) in [7, 11) is 0. The van der Waals surface area contributed by atoms with Crippen molar-refractivity contribution in [1.29, 1.82) is 0 Å². The van der Waals surface area contributed by atoms with Crippen LogP contribution in [0.3, 0.4) is 0 Å². The van der Waals surface area contributed by atoms with Crippen molar-refractivity contribution in [3.63, 3.8) is 0 Å². The Bertz CT molecular complexity index is 1180. The van der Waals surface area contributed by atoms with Crippen LogP contribution in [-0.2, 0) is 11.3 Å². The molecule has 0 aliphatic carbocycles. The van der Waals surface area contributed by atoms with E-state index in [0.717, 1.165) is 12.1 Å². The first-order valence-electron chi connectivity index (χ1n) is 10.8. The highest BCUT2D eigenvalue weighted by Gasteiger charge is 2.15. The molecule has 3 N–H and O–H groups in total. The SMILES string of the molecule is CCOC(=O)Nc1cccc(Cn2nc(-c3cc(F)c(OCCCCN)c(F)c3)ccc2=O)c1. The quantitative estimate of drug-likeness (QED) is 0.433. The van der Waals surface area contributed by atoms with E-state index in [1.807, 2.05) is 0 Å². The van der Waals surface area contributed by atoms with Gasteiger partial charge in [0.1, 0.15) is 0 Å². The second-order valence-electron chi connectivity index (χ2n) is 7.37. The summed E-state index contributed by atoms with van der Waals surface area (Å²) < 4.78 is 40.3. The van der Waals surface area contributed by atoms with Gasteiger partial charge in [-0.15, -0.1) is 0 Å². The molecule has 0 fully saturated rings. The number of benzene rings is 2. The van der Waals surface area contributed by atoms with Crippen LogP contribution in [-0.4, -0.2) is 35.6 Å². The fourth-order valence-electron chi connectivity index (χ4n) is 3.19. The maximum absolute atomic E-state index is 14.5. The standard InChI is InChI=1S/C24H26F2N4O4/c1-2-33-24(32)28-18-7-5-6-16(12-18)15-30-22(31)9-8-21(29-30)17-13-19(25)23(20(26)14-17)34-11-4-3-10-27/h5-9,12-14H,2-4,10-11,15,27H2,1H3,(H,28,32). The Morgan fingerprint density at radius 1 is 1.12 bits per heavy atom. The minimum Gasteiger partial charge on any atom is -0.488 e. The Kier molecular flexibility index (Phi) is 8.69. The molecule has 0 aliphatic heterocycles. The fourth-order valence-corrected chi connectivity index (χ4v) is 3.19. The number of unbranched alkanes of at least 4 members (excludes halogenated alkanes) is 1. The number of carbonyl (C=O) groups is 1. The highest BCUT2D eigenvalue weighted by atomic mass is 19.1. The Balaban J connectivity index is 1.80. The summed E-state index contributed by atoms with van der Waals surface area (Å²) in [6.45, 7) is 2.64. The zero-order chi connectivity index (χ0) is 24.5. The van der Waals surface area contributed by atoms with Gasteiger partial charge in [-0.05, 0) is 62.2 Å². The molecule has 1 aromatic heterocycles. The third-order valence-electron chi connectivity index (χ3n) is 4.79. The summed E-state index contributed by atoms with van der Waals surface area (Å²) in [4.78, 5) is 24.0. The molecule has 2 aromatic carbocycles. The summed E-state index contributed by atoms with van der Waals surface area (Å²) in [5.41, 5.74) is 6.56. The van der Waals surface area contributed by atoms with E-state index in [2.05, 4.69) is 10.4 Å². The van der Waals surface area contributed by atoms with Gasteiger partial charge in [-0.3, -0.25) is 10.1 Å². The topological polar surface area (TPSA) is 108 Å². The number of aromatic nitrogens is 2. The van der Waals surface area contributed by atoms with Crippen LogP contribution >= 0.6 is 0 Å². The van der Waals surface area contributed by atoms with Crippen molar-refractivity contribution in [1.82, 2.24) is 9.78 Å². The molecule has 0 radical (unpaired) electrons. The maximum Gasteiger partial charge on any atom is 0.411 e. The Morgan fingerprint density at radius 3 is 2.59 bits per heavy atom. The van der Waals surface area contributed by atoms with Crippen molar-refractivity contribution >= 4 is 11.8 Å². The number of hydrogen-bond donors (Lipinski definition) is 2. The normalized spacial score (nSPS) is 10.7. The molecule has 8 nitrogen and oxygen atoms in total. The second-order valence-corrected chi connectivity index (χ2v) is 7.37. The van der Waals surface area contributed by atoms with Crippen molar-refractivity contribution in [3.05, 3.63) is 76.1 Å². The van der Waals surface area contributed by atoms with Crippen molar-refractivity contribution in [2.24, 2.45) is 5.73 Å². The molecule has 0 unspecified atom stereocenters. The lowest BCUT2D eigenvalue weighted by Crippen LogP contribution is -2.23. The number of carbonyl (C=O) groups excluding carboxylic acids is 1. The molecule has 0 bridgehead atoms. The van der Waals surface area contributed by atoms with Crippen molar-refractivity contribution in [2.75, 3.05) is 25.1 Å². The van der Waals surface area contributed by atoms with E-state index in [1.54, 1.807) is 31.2 Å². The summed E-state index contributed by atoms with van der Waals surface area (Å²) in [5.74, 6) is -2.18. The molecule has 0 saturated heterocycles. The number of ether oxygens (including phenoxy) is 2. The van der Waals surface area contributed by atoms with Gasteiger partial charge in [0.15, 0.2) is 17.4 Å². The van der Waals surface area contributed by atoms with Crippen LogP contribution in [0.4, 0.5) is 19.3 Å². The molecule has 3 aromatic rings. The average Bonchev–Trinajstić information content (AvgIpc) is 2.80. The third kappa shape index (κ3) is 6.61. The molecule has 1 amide bonds. The number of halogens is 2. The number of nitrogens with zero attached hydrogens (tertiary/aromatic N) is 2. The highest BCUT2D eigenvalue weighted by Crippen LogP contribution is 2.28. The number of hydrogen-bond acceptors (Lipinski definition) is 6. The van der Waals surface area contributed by atoms with Gasteiger partial charge in [-0.2, -0.15) is 5.10 Å². The minimum absolute atomic E-state index is 0.0817. The van der Waals surface area contributed by atoms with Gasteiger partial charge in [0.25, 0.3) is 5.56 Å². The van der Waals surface area contributed by atoms with E-state index in [1.165, 1.54) is 16.8 Å². The van der Waals surface area contributed by atoms with Crippen LogP contribution in [0, 0.1) is 11.6 Å². The van der Waals surface area contributed by atoms with Crippen molar-refractivity contribution < 1.29 is 23.0 Å². The predicted molar refractivity (Wildman–Crippen MR) is 124 cm³/mol. The van der Waals surface area contributed by atoms with Crippen LogP contribution in [0.25, 0.3) is 11.3 Å². The lowest BCUT2D eigenvalue weighted by atomic mass is 10.1. The smallest absolute Gasteiger partial charge is 0.411 e. The molecule has 10 heteroatoms. The number of nitrogens with two attached hydrogens (primary N) is 1. The largest absolute Gasteiger partial charge is 0.488 e. The molecular weight excluding hydrogens is 446 g/mol. The second kappa shape index (κ2) is 11.9. The van der Waals surface area contributed by atoms with E-state index < -0.39 is 29.0 Å². The Morgan fingerprint density at radius 2 is 1.88 bits per heavy atom. The Hall–Kier alpha value is -3.79. The van der Waals surface area contributed by atoms with Crippen LogP contribution in [0.15, 0.2) is 53.3 Å². The van der Waals surface area contributed by atoms with Crippen LogP contribution in [0.2, 0.25) is 0 Å². The number of anilines is 1. The number of rotatable bonds is 10. The number of nitrogens with one attached hydrogen (secondary N) is 1. The van der Waals surface area contributed by atoms with Gasteiger partial charge >= 0.3 is 6.09 Å². The minimum atomic E-state index is -0.861. The molecule has 180 valence electrons. The molecule has 0 aliphatic rings. The van der Waals surface area contributed by atoms with Gasteiger partial charge in [0, 0.05) is 17.3 Å². The first kappa shape index (κ1) is 24.8. The lowest BCUT2D eigenvalue weighted by molar-refractivity contribution is 0.168. The zero-order valence-electron chi connectivity index (χ0n) is 18.7. The lowest BCUT2D eigenvalue weighted by Gasteiger charge is -2.12. The van der Waals surface area contributed by atoms with E-state index >= 15 is 0 Å². The molecule has 1 heterocycles. The predicted octanol–water partition coefficient (Wildman–Crippen LogP) is 3.92. The molecule has 34 heavy (non-hydrogen) atoms. The highest BCUT2D eigenvalue weighted by molar-refractivity contribution is 5.84. The van der Waals surface area contributed by atoms with E-state index in [0.29, 0.717) is 30.6 Å². The fraction of sp³-hybridized carbons (Fsp3) is 0.292. The first-order valence-corrected chi connectivity index (χ1v) is 10.8. The molecule has 0 spiro atoms. The zero-order valence-corrected chi connectivity index (χ0v) is 18.7. The van der Waals surface area contributed by atoms with Crippen molar-refractivity contribution in [2.45, 2.75) is 26.3 Å². The van der Waals surface area contributed by atoms with Crippen LogP contribution in [0.1, 0.15) is 25.3 Å². The molecule has 0 atom stereocenters. The van der Waals surface area contributed by atoms with E-state index in [9.17, 15) is 18.4 Å². The van der Waals surface area contributed by atoms with Gasteiger partial charge in [-0.1, -0.05) is 12.1 Å². The van der Waals surface area contributed by atoms with Gasteiger partial charge in [0.05, 0.1) is 25.5 Å². The average molecular weight is 472 g/mol. The van der Waals surface area contributed by atoms with Crippen LogP contribution < -0.4 is 21.3 Å².